The monoisotopic (exact) mass is 298 g/mol. The molecule has 0 fully saturated rings. The second-order valence-corrected chi connectivity index (χ2v) is 4.80. The van der Waals surface area contributed by atoms with Crippen molar-refractivity contribution in [2.45, 2.75) is 13.0 Å². The lowest BCUT2D eigenvalue weighted by Gasteiger charge is -2.23. The van der Waals surface area contributed by atoms with Crippen molar-refractivity contribution < 1.29 is 18.7 Å². The Morgan fingerprint density at radius 2 is 2.23 bits per heavy atom. The Morgan fingerprint density at radius 1 is 1.36 bits per heavy atom. The van der Waals surface area contributed by atoms with E-state index < -0.39 is 6.10 Å². The van der Waals surface area contributed by atoms with Crippen LogP contribution in [0.2, 0.25) is 0 Å². The maximum atomic E-state index is 11.8. The first-order valence-electron chi connectivity index (χ1n) is 6.76. The highest BCUT2D eigenvalue weighted by Gasteiger charge is 2.23. The van der Waals surface area contributed by atoms with Crippen molar-refractivity contribution in [3.63, 3.8) is 0 Å². The van der Waals surface area contributed by atoms with Crippen molar-refractivity contribution in [2.24, 2.45) is 0 Å². The Labute approximate surface area is 126 Å². The molecule has 0 aliphatic carbocycles. The van der Waals surface area contributed by atoms with Gasteiger partial charge in [-0.15, -0.1) is 0 Å². The third-order valence-corrected chi connectivity index (χ3v) is 3.12. The minimum atomic E-state index is -0.524. The van der Waals surface area contributed by atoms with Crippen molar-refractivity contribution in [3.05, 3.63) is 48.4 Å². The first-order chi connectivity index (χ1) is 10.6. The topological polar surface area (TPSA) is 80.6 Å². The van der Waals surface area contributed by atoms with Crippen LogP contribution in [0, 0.1) is 0 Å². The lowest BCUT2D eigenvalue weighted by atomic mass is 10.2. The fraction of sp³-hybridized carbons (Fsp3) is 0.125. The van der Waals surface area contributed by atoms with Crippen LogP contribution in [0.5, 0.6) is 5.75 Å². The van der Waals surface area contributed by atoms with E-state index in [1.165, 1.54) is 12.3 Å². The molecule has 1 aromatic heterocycles. The number of fused-ring (bicyclic) bond motifs is 1. The zero-order valence-electron chi connectivity index (χ0n) is 11.8. The van der Waals surface area contributed by atoms with Gasteiger partial charge < -0.3 is 19.8 Å². The molecule has 0 spiro atoms. The van der Waals surface area contributed by atoms with E-state index in [9.17, 15) is 9.59 Å². The summed E-state index contributed by atoms with van der Waals surface area (Å²) < 4.78 is 10.5. The molecular weight excluding hydrogens is 284 g/mol. The molecule has 2 amide bonds. The number of nitrogens with one attached hydrogen (secondary N) is 2. The smallest absolute Gasteiger partial charge is 0.265 e. The highest BCUT2D eigenvalue weighted by Crippen LogP contribution is 2.32. The van der Waals surface area contributed by atoms with E-state index >= 15 is 0 Å². The first kappa shape index (κ1) is 13.9. The van der Waals surface area contributed by atoms with Crippen LogP contribution in [0.3, 0.4) is 0 Å². The van der Waals surface area contributed by atoms with Crippen molar-refractivity contribution >= 4 is 29.3 Å². The molecule has 1 aromatic carbocycles. The Bertz CT molecular complexity index is 735. The van der Waals surface area contributed by atoms with Crippen LogP contribution in [-0.2, 0) is 9.59 Å². The normalized spacial score (nSPS) is 16.8. The molecule has 1 unspecified atom stereocenters. The quantitative estimate of drug-likeness (QED) is 0.854. The fourth-order valence-electron chi connectivity index (χ4n) is 2.01. The predicted octanol–water partition coefficient (Wildman–Crippen LogP) is 2.65. The van der Waals surface area contributed by atoms with Crippen LogP contribution in [-0.4, -0.2) is 17.9 Å². The van der Waals surface area contributed by atoms with Crippen LogP contribution >= 0.6 is 0 Å². The van der Waals surface area contributed by atoms with Gasteiger partial charge in [-0.1, -0.05) is 0 Å². The molecule has 2 heterocycles. The number of hydrogen-bond donors (Lipinski definition) is 2. The molecule has 1 aliphatic rings. The standard InChI is InChI=1S/C16H14N2O4/c1-10-16(20)18-13-9-11(4-6-14(13)22-10)17-15(19)7-5-12-3-2-8-21-12/h2-10H,1H3,(H,17,19)(H,18,20)/b7-5+. The van der Waals surface area contributed by atoms with Gasteiger partial charge in [0.05, 0.1) is 12.0 Å². The second-order valence-electron chi connectivity index (χ2n) is 4.80. The Morgan fingerprint density at radius 3 is 3.00 bits per heavy atom. The van der Waals surface area contributed by atoms with E-state index in [4.69, 9.17) is 9.15 Å². The number of rotatable bonds is 3. The maximum absolute atomic E-state index is 11.8. The lowest BCUT2D eigenvalue weighted by Crippen LogP contribution is -2.34. The highest BCUT2D eigenvalue weighted by atomic mass is 16.5. The predicted molar refractivity (Wildman–Crippen MR) is 81.5 cm³/mol. The molecule has 6 nitrogen and oxygen atoms in total. The largest absolute Gasteiger partial charge is 0.479 e. The van der Waals surface area contributed by atoms with Gasteiger partial charge in [0.15, 0.2) is 6.10 Å². The van der Waals surface area contributed by atoms with Crippen molar-refractivity contribution in [1.82, 2.24) is 0 Å². The molecule has 2 aromatic rings. The van der Waals surface area contributed by atoms with Gasteiger partial charge in [0.2, 0.25) is 5.91 Å². The molecule has 3 rings (SSSR count). The number of carbonyl (C=O) groups excluding carboxylic acids is 2. The second kappa shape index (κ2) is 5.77. The average Bonchev–Trinajstić information content (AvgIpc) is 3.00. The van der Waals surface area contributed by atoms with Crippen LogP contribution in [0.15, 0.2) is 47.1 Å². The van der Waals surface area contributed by atoms with E-state index in [0.717, 1.165) is 0 Å². The molecule has 2 N–H and O–H groups in total. The molecule has 22 heavy (non-hydrogen) atoms. The molecule has 1 atom stereocenters. The molecule has 6 heteroatoms. The number of ether oxygens (including phenoxy) is 1. The summed E-state index contributed by atoms with van der Waals surface area (Å²) in [7, 11) is 0. The third-order valence-electron chi connectivity index (χ3n) is 3.12. The van der Waals surface area contributed by atoms with Crippen LogP contribution in [0.4, 0.5) is 11.4 Å². The van der Waals surface area contributed by atoms with Gasteiger partial charge in [-0.2, -0.15) is 0 Å². The summed E-state index contributed by atoms with van der Waals surface area (Å²) in [5.74, 6) is 0.660. The summed E-state index contributed by atoms with van der Waals surface area (Å²) >= 11 is 0. The number of anilines is 2. The van der Waals surface area contributed by atoms with Crippen molar-refractivity contribution in [1.29, 1.82) is 0 Å². The summed E-state index contributed by atoms with van der Waals surface area (Å²) in [5, 5.41) is 5.44. The average molecular weight is 298 g/mol. The highest BCUT2D eigenvalue weighted by molar-refractivity contribution is 6.03. The van der Waals surface area contributed by atoms with Gasteiger partial charge in [-0.25, -0.2) is 0 Å². The van der Waals surface area contributed by atoms with Gasteiger partial charge in [0.1, 0.15) is 11.5 Å². The Hall–Kier alpha value is -3.02. The summed E-state index contributed by atoms with van der Waals surface area (Å²) in [6.07, 6.45) is 3.95. The number of furan rings is 1. The van der Waals surface area contributed by atoms with Crippen LogP contribution < -0.4 is 15.4 Å². The minimum absolute atomic E-state index is 0.214. The molecular formula is C16H14N2O4. The fourth-order valence-corrected chi connectivity index (χ4v) is 2.01. The molecule has 0 saturated carbocycles. The summed E-state index contributed by atoms with van der Waals surface area (Å²) in [6, 6.07) is 8.55. The summed E-state index contributed by atoms with van der Waals surface area (Å²) in [4.78, 5) is 23.4. The van der Waals surface area contributed by atoms with Gasteiger partial charge >= 0.3 is 0 Å². The van der Waals surface area contributed by atoms with E-state index in [1.54, 1.807) is 43.3 Å². The molecule has 1 aliphatic heterocycles. The van der Waals surface area contributed by atoms with E-state index in [1.807, 2.05) is 0 Å². The summed E-state index contributed by atoms with van der Waals surface area (Å²) in [5.41, 5.74) is 1.10. The lowest BCUT2D eigenvalue weighted by molar-refractivity contribution is -0.122. The first-order valence-corrected chi connectivity index (χ1v) is 6.76. The maximum Gasteiger partial charge on any atom is 0.265 e. The number of benzene rings is 1. The molecule has 0 radical (unpaired) electrons. The third kappa shape index (κ3) is 3.01. The van der Waals surface area contributed by atoms with Gasteiger partial charge in [-0.3, -0.25) is 9.59 Å². The minimum Gasteiger partial charge on any atom is -0.479 e. The van der Waals surface area contributed by atoms with Crippen molar-refractivity contribution in [2.75, 3.05) is 10.6 Å². The Balaban J connectivity index is 1.70. The molecule has 112 valence electrons. The zero-order chi connectivity index (χ0) is 15.5. The SMILES string of the molecule is CC1Oc2ccc(NC(=O)/C=C/c3ccco3)cc2NC1=O. The Kier molecular flexibility index (Phi) is 3.65. The van der Waals surface area contributed by atoms with Gasteiger partial charge in [-0.05, 0) is 43.3 Å². The number of carbonyl (C=O) groups is 2. The van der Waals surface area contributed by atoms with E-state index in [0.29, 0.717) is 22.9 Å². The van der Waals surface area contributed by atoms with Gasteiger partial charge in [0, 0.05) is 11.8 Å². The van der Waals surface area contributed by atoms with Crippen LogP contribution in [0.1, 0.15) is 12.7 Å². The summed E-state index contributed by atoms with van der Waals surface area (Å²) in [6.45, 7) is 1.67. The van der Waals surface area contributed by atoms with E-state index in [-0.39, 0.29) is 11.8 Å². The number of hydrogen-bond acceptors (Lipinski definition) is 4. The number of amides is 2. The van der Waals surface area contributed by atoms with Crippen LogP contribution in [0.25, 0.3) is 6.08 Å². The zero-order valence-corrected chi connectivity index (χ0v) is 11.8. The van der Waals surface area contributed by atoms with Crippen molar-refractivity contribution in [3.8, 4) is 5.75 Å². The van der Waals surface area contributed by atoms with E-state index in [2.05, 4.69) is 10.6 Å². The molecule has 0 bridgehead atoms. The molecule has 0 saturated heterocycles. The van der Waals surface area contributed by atoms with Gasteiger partial charge in [0.25, 0.3) is 5.91 Å².